The number of amides is 1. The minimum atomic E-state index is -0.0475. The van der Waals surface area contributed by atoms with Gasteiger partial charge in [0.25, 0.3) is 0 Å². The zero-order chi connectivity index (χ0) is 14.1. The monoisotopic (exact) mass is 264 g/mol. The fraction of sp³-hybridized carbons (Fsp3) is 0.533. The Bertz CT molecular complexity index is 368. The van der Waals surface area contributed by atoms with Crippen LogP contribution in [0.15, 0.2) is 30.3 Å². The van der Waals surface area contributed by atoms with E-state index < -0.39 is 0 Å². The van der Waals surface area contributed by atoms with E-state index in [1.807, 2.05) is 44.2 Å². The van der Waals surface area contributed by atoms with Gasteiger partial charge in [-0.05, 0) is 31.0 Å². The van der Waals surface area contributed by atoms with E-state index in [1.165, 1.54) is 0 Å². The first-order valence-electron chi connectivity index (χ1n) is 6.79. The molecule has 0 aliphatic heterocycles. The van der Waals surface area contributed by atoms with Crippen molar-refractivity contribution in [2.45, 2.75) is 20.3 Å². The number of para-hydroxylation sites is 1. The average molecular weight is 264 g/mol. The lowest BCUT2D eigenvalue weighted by Crippen LogP contribution is -2.35. The van der Waals surface area contributed by atoms with Gasteiger partial charge in [-0.3, -0.25) is 4.79 Å². The second kappa shape index (κ2) is 8.53. The number of carbonyl (C=O) groups excluding carboxylic acids is 1. The number of nitrogens with one attached hydrogen (secondary N) is 1. The van der Waals surface area contributed by atoms with Gasteiger partial charge in [0.15, 0.2) is 0 Å². The molecule has 2 atom stereocenters. The molecule has 0 radical (unpaired) electrons. The van der Waals surface area contributed by atoms with Gasteiger partial charge in [0, 0.05) is 12.5 Å². The van der Waals surface area contributed by atoms with Crippen molar-refractivity contribution in [3.63, 3.8) is 0 Å². The van der Waals surface area contributed by atoms with E-state index in [4.69, 9.17) is 10.5 Å². The van der Waals surface area contributed by atoms with E-state index in [-0.39, 0.29) is 11.8 Å². The molecule has 1 aromatic rings. The molecule has 1 amide bonds. The third-order valence-corrected chi connectivity index (χ3v) is 3.04. The molecule has 3 N–H and O–H groups in total. The smallest absolute Gasteiger partial charge is 0.222 e. The lowest BCUT2D eigenvalue weighted by Gasteiger charge is -2.15. The molecule has 0 heterocycles. The Morgan fingerprint density at radius 1 is 1.32 bits per heavy atom. The minimum Gasteiger partial charge on any atom is -0.494 e. The number of benzene rings is 1. The van der Waals surface area contributed by atoms with Gasteiger partial charge in [-0.2, -0.15) is 0 Å². The summed E-state index contributed by atoms with van der Waals surface area (Å²) in [4.78, 5) is 11.8. The summed E-state index contributed by atoms with van der Waals surface area (Å²) in [5.41, 5.74) is 5.51. The molecule has 0 fully saturated rings. The molecular formula is C15H24N2O2. The van der Waals surface area contributed by atoms with E-state index in [1.54, 1.807) is 0 Å². The second-order valence-corrected chi connectivity index (χ2v) is 4.94. The lowest BCUT2D eigenvalue weighted by atomic mass is 10.1. The van der Waals surface area contributed by atoms with Gasteiger partial charge in [0.1, 0.15) is 5.75 Å². The Balaban J connectivity index is 2.19. The van der Waals surface area contributed by atoms with Crippen LogP contribution in [0.4, 0.5) is 0 Å². The third kappa shape index (κ3) is 6.25. The molecule has 0 aliphatic carbocycles. The molecule has 0 saturated heterocycles. The first kappa shape index (κ1) is 15.5. The van der Waals surface area contributed by atoms with Gasteiger partial charge in [-0.15, -0.1) is 0 Å². The van der Waals surface area contributed by atoms with Crippen LogP contribution in [0.1, 0.15) is 20.3 Å². The van der Waals surface area contributed by atoms with Crippen molar-refractivity contribution in [1.82, 2.24) is 5.32 Å². The van der Waals surface area contributed by atoms with E-state index in [9.17, 15) is 4.79 Å². The lowest BCUT2D eigenvalue weighted by molar-refractivity contribution is -0.125. The Morgan fingerprint density at radius 2 is 2.00 bits per heavy atom. The first-order chi connectivity index (χ1) is 9.13. The molecule has 4 heteroatoms. The third-order valence-electron chi connectivity index (χ3n) is 3.04. The molecular weight excluding hydrogens is 240 g/mol. The largest absolute Gasteiger partial charge is 0.494 e. The number of ether oxygens (including phenoxy) is 1. The Hall–Kier alpha value is -1.55. The Morgan fingerprint density at radius 3 is 2.63 bits per heavy atom. The predicted octanol–water partition coefficient (Wildman–Crippen LogP) is 1.80. The molecule has 0 bridgehead atoms. The van der Waals surface area contributed by atoms with E-state index in [0.29, 0.717) is 32.0 Å². The van der Waals surface area contributed by atoms with Crippen LogP contribution in [0.25, 0.3) is 0 Å². The summed E-state index contributed by atoms with van der Waals surface area (Å²) in [6.07, 6.45) is 0.706. The molecule has 4 nitrogen and oxygen atoms in total. The van der Waals surface area contributed by atoms with Crippen LogP contribution in [0.3, 0.4) is 0 Å². The highest BCUT2D eigenvalue weighted by molar-refractivity contribution is 5.78. The molecule has 1 rings (SSSR count). The molecule has 0 aliphatic rings. The maximum absolute atomic E-state index is 11.8. The van der Waals surface area contributed by atoms with E-state index in [0.717, 1.165) is 5.75 Å². The Kier molecular flexibility index (Phi) is 6.97. The van der Waals surface area contributed by atoms with Crippen LogP contribution in [0.5, 0.6) is 5.75 Å². The fourth-order valence-corrected chi connectivity index (χ4v) is 1.53. The second-order valence-electron chi connectivity index (χ2n) is 4.94. The highest BCUT2D eigenvalue weighted by Gasteiger charge is 2.13. The standard InChI is InChI=1S/C15H24N2O2/c1-12(10-16)11-17-15(18)13(2)8-9-19-14-6-4-3-5-7-14/h3-7,12-13H,8-11,16H2,1-2H3,(H,17,18). The van der Waals surface area contributed by atoms with Crippen LogP contribution in [0, 0.1) is 11.8 Å². The molecule has 0 spiro atoms. The number of hydrogen-bond acceptors (Lipinski definition) is 3. The molecule has 1 aromatic carbocycles. The summed E-state index contributed by atoms with van der Waals surface area (Å²) in [6, 6.07) is 9.63. The van der Waals surface area contributed by atoms with Crippen LogP contribution in [0.2, 0.25) is 0 Å². The predicted molar refractivity (Wildman–Crippen MR) is 76.9 cm³/mol. The van der Waals surface area contributed by atoms with Gasteiger partial charge in [0.2, 0.25) is 5.91 Å². The van der Waals surface area contributed by atoms with Crippen molar-refractivity contribution in [2.24, 2.45) is 17.6 Å². The van der Waals surface area contributed by atoms with E-state index >= 15 is 0 Å². The van der Waals surface area contributed by atoms with Crippen molar-refractivity contribution in [3.8, 4) is 5.75 Å². The summed E-state index contributed by atoms with van der Waals surface area (Å²) in [6.45, 7) is 5.70. The van der Waals surface area contributed by atoms with Gasteiger partial charge in [-0.25, -0.2) is 0 Å². The van der Waals surface area contributed by atoms with Crippen LogP contribution >= 0.6 is 0 Å². The number of hydrogen-bond donors (Lipinski definition) is 2. The summed E-state index contributed by atoms with van der Waals surface area (Å²) in [5, 5.41) is 2.91. The zero-order valence-electron chi connectivity index (χ0n) is 11.8. The zero-order valence-corrected chi connectivity index (χ0v) is 11.8. The molecule has 2 unspecified atom stereocenters. The number of rotatable bonds is 8. The minimum absolute atomic E-state index is 0.0475. The summed E-state index contributed by atoms with van der Waals surface area (Å²) in [7, 11) is 0. The van der Waals surface area contributed by atoms with Gasteiger partial charge < -0.3 is 15.8 Å². The summed E-state index contributed by atoms with van der Waals surface area (Å²) < 4.78 is 5.57. The highest BCUT2D eigenvalue weighted by Crippen LogP contribution is 2.10. The van der Waals surface area contributed by atoms with Crippen LogP contribution in [-0.4, -0.2) is 25.6 Å². The highest BCUT2D eigenvalue weighted by atomic mass is 16.5. The van der Waals surface area contributed by atoms with Crippen molar-refractivity contribution in [2.75, 3.05) is 19.7 Å². The van der Waals surface area contributed by atoms with Crippen LogP contribution in [-0.2, 0) is 4.79 Å². The van der Waals surface area contributed by atoms with Crippen molar-refractivity contribution in [3.05, 3.63) is 30.3 Å². The first-order valence-corrected chi connectivity index (χ1v) is 6.79. The number of nitrogens with two attached hydrogens (primary N) is 1. The molecule has 19 heavy (non-hydrogen) atoms. The number of carbonyl (C=O) groups is 1. The maximum atomic E-state index is 11.8. The van der Waals surface area contributed by atoms with Gasteiger partial charge in [-0.1, -0.05) is 32.0 Å². The molecule has 106 valence electrons. The van der Waals surface area contributed by atoms with Crippen molar-refractivity contribution in [1.29, 1.82) is 0 Å². The molecule has 0 aromatic heterocycles. The van der Waals surface area contributed by atoms with E-state index in [2.05, 4.69) is 5.32 Å². The normalized spacial score (nSPS) is 13.6. The summed E-state index contributed by atoms with van der Waals surface area (Å²) >= 11 is 0. The van der Waals surface area contributed by atoms with Crippen molar-refractivity contribution >= 4 is 5.91 Å². The maximum Gasteiger partial charge on any atom is 0.222 e. The van der Waals surface area contributed by atoms with Gasteiger partial charge >= 0.3 is 0 Å². The average Bonchev–Trinajstić information content (AvgIpc) is 2.45. The summed E-state index contributed by atoms with van der Waals surface area (Å²) in [5.74, 6) is 1.18. The SMILES string of the molecule is CC(CN)CNC(=O)C(C)CCOc1ccccc1. The van der Waals surface area contributed by atoms with Crippen LogP contribution < -0.4 is 15.8 Å². The fourth-order valence-electron chi connectivity index (χ4n) is 1.53. The van der Waals surface area contributed by atoms with Crippen molar-refractivity contribution < 1.29 is 9.53 Å². The Labute approximate surface area is 115 Å². The topological polar surface area (TPSA) is 64.3 Å². The quantitative estimate of drug-likeness (QED) is 0.752. The van der Waals surface area contributed by atoms with Gasteiger partial charge in [0.05, 0.1) is 6.61 Å². The molecule has 0 saturated carbocycles.